The van der Waals surface area contributed by atoms with E-state index in [2.05, 4.69) is 20.4 Å². The van der Waals surface area contributed by atoms with Crippen LogP contribution < -0.4 is 5.32 Å². The molecule has 1 saturated carbocycles. The van der Waals surface area contributed by atoms with Crippen LogP contribution in [0.5, 0.6) is 0 Å². The summed E-state index contributed by atoms with van der Waals surface area (Å²) in [4.78, 5) is 8.71. The molecule has 0 radical (unpaired) electrons. The molecule has 0 amide bonds. The fourth-order valence-corrected chi connectivity index (χ4v) is 3.43. The van der Waals surface area contributed by atoms with E-state index in [-0.39, 0.29) is 18.0 Å². The van der Waals surface area contributed by atoms with Crippen LogP contribution in [0.15, 0.2) is 30.6 Å². The predicted molar refractivity (Wildman–Crippen MR) is 93.2 cm³/mol. The van der Waals surface area contributed by atoms with E-state index in [4.69, 9.17) is 0 Å². The zero-order valence-corrected chi connectivity index (χ0v) is 14.0. The Morgan fingerprint density at radius 1 is 1.16 bits per heavy atom. The van der Waals surface area contributed by atoms with Gasteiger partial charge >= 0.3 is 0 Å². The highest BCUT2D eigenvalue weighted by molar-refractivity contribution is 5.90. The quantitative estimate of drug-likeness (QED) is 0.766. The molecule has 0 aliphatic heterocycles. The average Bonchev–Trinajstić information content (AvgIpc) is 2.95. The molecule has 0 saturated heterocycles. The molecule has 2 aromatic heterocycles. The summed E-state index contributed by atoms with van der Waals surface area (Å²) < 4.78 is 15.7. The summed E-state index contributed by atoms with van der Waals surface area (Å²) in [5.41, 5.74) is 1.69. The van der Waals surface area contributed by atoms with E-state index in [1.807, 2.05) is 6.92 Å². The van der Waals surface area contributed by atoms with Crippen LogP contribution in [0.4, 0.5) is 10.2 Å². The van der Waals surface area contributed by atoms with Crippen LogP contribution >= 0.6 is 0 Å². The van der Waals surface area contributed by atoms with Gasteiger partial charge in [-0.1, -0.05) is 12.1 Å². The van der Waals surface area contributed by atoms with Crippen molar-refractivity contribution in [2.24, 2.45) is 0 Å². The number of nitrogens with zero attached hydrogens (tertiary/aromatic N) is 4. The Kier molecular flexibility index (Phi) is 4.09. The number of benzene rings is 1. The van der Waals surface area contributed by atoms with Gasteiger partial charge < -0.3 is 10.4 Å². The van der Waals surface area contributed by atoms with Gasteiger partial charge in [-0.2, -0.15) is 5.10 Å². The molecular weight excluding hydrogens is 321 g/mol. The number of para-hydroxylation sites is 1. The number of aryl methyl sites for hydroxylation is 1. The summed E-state index contributed by atoms with van der Waals surface area (Å²) in [6.45, 7) is 1.87. The first-order valence-corrected chi connectivity index (χ1v) is 8.53. The Bertz CT molecular complexity index is 902. The smallest absolute Gasteiger partial charge is 0.168 e. The van der Waals surface area contributed by atoms with E-state index < -0.39 is 0 Å². The molecular formula is C18H20FN5O. The summed E-state index contributed by atoms with van der Waals surface area (Å²) in [5.74, 6) is 0.368. The molecule has 7 heteroatoms. The molecule has 2 heterocycles. The van der Waals surface area contributed by atoms with Gasteiger partial charge in [-0.25, -0.2) is 19.0 Å². The molecule has 1 aromatic carbocycles. The first kappa shape index (κ1) is 16.0. The Morgan fingerprint density at radius 3 is 2.68 bits per heavy atom. The summed E-state index contributed by atoms with van der Waals surface area (Å²) in [6.07, 6.45) is 4.65. The lowest BCUT2D eigenvalue weighted by atomic mass is 9.93. The maximum Gasteiger partial charge on any atom is 0.168 e. The van der Waals surface area contributed by atoms with Crippen molar-refractivity contribution in [2.75, 3.05) is 5.32 Å². The SMILES string of the molecule is Cc1nn(-c2ccccc2F)c2ncnc(NC3CCC(O)CC3)c12. The van der Waals surface area contributed by atoms with Gasteiger partial charge in [0.2, 0.25) is 0 Å². The Hall–Kier alpha value is -2.54. The average molecular weight is 341 g/mol. The zero-order chi connectivity index (χ0) is 17.4. The zero-order valence-electron chi connectivity index (χ0n) is 14.0. The van der Waals surface area contributed by atoms with Crippen LogP contribution in [0.25, 0.3) is 16.7 Å². The van der Waals surface area contributed by atoms with Gasteiger partial charge in [-0.05, 0) is 44.7 Å². The fraction of sp³-hybridized carbons (Fsp3) is 0.389. The number of aliphatic hydroxyl groups is 1. The number of anilines is 1. The number of fused-ring (bicyclic) bond motifs is 1. The Balaban J connectivity index is 1.74. The van der Waals surface area contributed by atoms with Crippen LogP contribution in [0.2, 0.25) is 0 Å². The third-order valence-corrected chi connectivity index (χ3v) is 4.76. The molecule has 0 spiro atoms. The molecule has 0 bridgehead atoms. The minimum absolute atomic E-state index is 0.200. The number of hydrogen-bond donors (Lipinski definition) is 2. The first-order valence-electron chi connectivity index (χ1n) is 8.53. The first-order chi connectivity index (χ1) is 12.1. The molecule has 2 N–H and O–H groups in total. The number of halogens is 1. The summed E-state index contributed by atoms with van der Waals surface area (Å²) in [7, 11) is 0. The minimum Gasteiger partial charge on any atom is -0.393 e. The van der Waals surface area contributed by atoms with Crippen LogP contribution in [0.3, 0.4) is 0 Å². The molecule has 3 aromatic rings. The highest BCUT2D eigenvalue weighted by Gasteiger charge is 2.22. The van der Waals surface area contributed by atoms with E-state index in [9.17, 15) is 9.50 Å². The third kappa shape index (κ3) is 2.95. The van der Waals surface area contributed by atoms with Gasteiger partial charge in [-0.3, -0.25) is 0 Å². The van der Waals surface area contributed by atoms with Crippen molar-refractivity contribution in [1.82, 2.24) is 19.7 Å². The lowest BCUT2D eigenvalue weighted by Gasteiger charge is -2.26. The van der Waals surface area contributed by atoms with E-state index in [0.29, 0.717) is 17.2 Å². The van der Waals surface area contributed by atoms with Gasteiger partial charge in [-0.15, -0.1) is 0 Å². The molecule has 130 valence electrons. The van der Waals surface area contributed by atoms with Crippen molar-refractivity contribution in [2.45, 2.75) is 44.8 Å². The minimum atomic E-state index is -0.346. The molecule has 1 aliphatic rings. The summed E-state index contributed by atoms with van der Waals surface area (Å²) in [6, 6.07) is 6.77. The second-order valence-electron chi connectivity index (χ2n) is 6.52. The third-order valence-electron chi connectivity index (χ3n) is 4.76. The maximum absolute atomic E-state index is 14.2. The normalized spacial score (nSPS) is 20.8. The fourth-order valence-electron chi connectivity index (χ4n) is 3.43. The molecule has 1 fully saturated rings. The second kappa shape index (κ2) is 6.40. The van der Waals surface area contributed by atoms with Gasteiger partial charge in [0.1, 0.15) is 23.6 Å². The summed E-state index contributed by atoms with van der Waals surface area (Å²) >= 11 is 0. The largest absolute Gasteiger partial charge is 0.393 e. The molecule has 6 nitrogen and oxygen atoms in total. The van der Waals surface area contributed by atoms with E-state index >= 15 is 0 Å². The van der Waals surface area contributed by atoms with Crippen molar-refractivity contribution >= 4 is 16.9 Å². The Labute approximate surface area is 144 Å². The van der Waals surface area contributed by atoms with Gasteiger partial charge in [0, 0.05) is 6.04 Å². The standard InChI is InChI=1S/C18H20FN5O/c1-11-16-17(22-12-6-8-13(25)9-7-12)20-10-21-18(16)24(23-11)15-5-3-2-4-14(15)19/h2-5,10,12-13,25H,6-9H2,1H3,(H,20,21,22). The Morgan fingerprint density at radius 2 is 1.92 bits per heavy atom. The lowest BCUT2D eigenvalue weighted by molar-refractivity contribution is 0.126. The van der Waals surface area contributed by atoms with E-state index in [1.54, 1.807) is 18.2 Å². The number of aliphatic hydroxyl groups excluding tert-OH is 1. The molecule has 0 atom stereocenters. The van der Waals surface area contributed by atoms with Gasteiger partial charge in [0.15, 0.2) is 5.65 Å². The molecule has 25 heavy (non-hydrogen) atoms. The molecule has 0 unspecified atom stereocenters. The van der Waals surface area contributed by atoms with Crippen molar-refractivity contribution in [1.29, 1.82) is 0 Å². The monoisotopic (exact) mass is 341 g/mol. The van der Waals surface area contributed by atoms with E-state index in [0.717, 1.165) is 36.8 Å². The number of aromatic nitrogens is 4. The maximum atomic E-state index is 14.2. The van der Waals surface area contributed by atoms with Crippen molar-refractivity contribution in [3.8, 4) is 5.69 Å². The van der Waals surface area contributed by atoms with Gasteiger partial charge in [0.05, 0.1) is 17.2 Å². The second-order valence-corrected chi connectivity index (χ2v) is 6.52. The van der Waals surface area contributed by atoms with Crippen molar-refractivity contribution < 1.29 is 9.50 Å². The van der Waals surface area contributed by atoms with Crippen molar-refractivity contribution in [3.63, 3.8) is 0 Å². The van der Waals surface area contributed by atoms with Crippen LogP contribution in [0, 0.1) is 12.7 Å². The number of rotatable bonds is 3. The lowest BCUT2D eigenvalue weighted by Crippen LogP contribution is -2.28. The van der Waals surface area contributed by atoms with Crippen LogP contribution in [-0.4, -0.2) is 37.0 Å². The van der Waals surface area contributed by atoms with Gasteiger partial charge in [0.25, 0.3) is 0 Å². The highest BCUT2D eigenvalue weighted by atomic mass is 19.1. The highest BCUT2D eigenvalue weighted by Crippen LogP contribution is 2.28. The van der Waals surface area contributed by atoms with Crippen LogP contribution in [-0.2, 0) is 0 Å². The predicted octanol–water partition coefficient (Wildman–Crippen LogP) is 2.98. The van der Waals surface area contributed by atoms with Crippen LogP contribution in [0.1, 0.15) is 31.4 Å². The number of hydrogen-bond acceptors (Lipinski definition) is 5. The molecule has 4 rings (SSSR count). The van der Waals surface area contributed by atoms with Crippen molar-refractivity contribution in [3.05, 3.63) is 42.1 Å². The summed E-state index contributed by atoms with van der Waals surface area (Å²) in [5, 5.41) is 18.4. The van der Waals surface area contributed by atoms with E-state index in [1.165, 1.54) is 17.1 Å². The number of nitrogens with one attached hydrogen (secondary N) is 1. The topological polar surface area (TPSA) is 75.9 Å². The molecule has 1 aliphatic carbocycles.